The Labute approximate surface area is 68.3 Å². The van der Waals surface area contributed by atoms with Gasteiger partial charge in [-0.15, -0.1) is 11.6 Å². The van der Waals surface area contributed by atoms with Crippen LogP contribution in [0, 0.1) is 5.92 Å². The minimum atomic E-state index is -1.18. The predicted octanol–water partition coefficient (Wildman–Crippen LogP) is 1.99. The van der Waals surface area contributed by atoms with Crippen LogP contribution in [-0.4, -0.2) is 16.0 Å². The van der Waals surface area contributed by atoms with Gasteiger partial charge in [0.15, 0.2) is 10.1 Å². The zero-order valence-electron chi connectivity index (χ0n) is 4.53. The van der Waals surface area contributed by atoms with E-state index in [0.717, 1.165) is 0 Å². The van der Waals surface area contributed by atoms with Crippen LogP contribution in [-0.2, 0) is 4.79 Å². The molecule has 1 nitrogen and oxygen atoms in total. The van der Waals surface area contributed by atoms with Crippen molar-refractivity contribution in [3.05, 3.63) is 0 Å². The van der Waals surface area contributed by atoms with E-state index >= 15 is 0 Å². The van der Waals surface area contributed by atoms with Crippen LogP contribution in [0.4, 0.5) is 0 Å². The Morgan fingerprint density at radius 1 is 1.67 bits per heavy atom. The van der Waals surface area contributed by atoms with E-state index in [0.29, 0.717) is 12.3 Å². The van der Waals surface area contributed by atoms with Crippen LogP contribution >= 0.6 is 34.8 Å². The van der Waals surface area contributed by atoms with Crippen LogP contribution in [0.25, 0.3) is 0 Å². The Bertz CT molecular complexity index is 143. The number of carbonyl (C=O) groups is 1. The van der Waals surface area contributed by atoms with Gasteiger partial charge in [-0.25, -0.2) is 0 Å². The van der Waals surface area contributed by atoms with Crippen LogP contribution in [0.2, 0.25) is 0 Å². The SMILES string of the molecule is O=C1CC(CCl)C1(Cl)Cl. The molecular weight excluding hydrogens is 182 g/mol. The van der Waals surface area contributed by atoms with Gasteiger partial charge < -0.3 is 0 Å². The zero-order chi connectivity index (χ0) is 7.07. The average Bonchev–Trinajstić information content (AvgIpc) is 1.82. The van der Waals surface area contributed by atoms with Crippen molar-refractivity contribution in [1.29, 1.82) is 0 Å². The first-order chi connectivity index (χ1) is 4.09. The molecule has 0 radical (unpaired) electrons. The second-order valence-electron chi connectivity index (χ2n) is 2.10. The van der Waals surface area contributed by atoms with Crippen molar-refractivity contribution in [3.8, 4) is 0 Å². The van der Waals surface area contributed by atoms with Gasteiger partial charge in [-0.3, -0.25) is 4.79 Å². The summed E-state index contributed by atoms with van der Waals surface area (Å²) in [6.45, 7) is 0. The minimum absolute atomic E-state index is 0.0463. The maximum atomic E-state index is 10.6. The predicted molar refractivity (Wildman–Crippen MR) is 38.3 cm³/mol. The minimum Gasteiger partial charge on any atom is -0.296 e. The fraction of sp³-hybridized carbons (Fsp3) is 0.800. The largest absolute Gasteiger partial charge is 0.296 e. The van der Waals surface area contributed by atoms with Crippen LogP contribution in [0.15, 0.2) is 0 Å². The first-order valence-corrected chi connectivity index (χ1v) is 3.85. The highest BCUT2D eigenvalue weighted by atomic mass is 35.5. The number of ketones is 1. The van der Waals surface area contributed by atoms with E-state index < -0.39 is 4.33 Å². The fourth-order valence-corrected chi connectivity index (χ4v) is 1.70. The molecular formula is C5H5Cl3O. The van der Waals surface area contributed by atoms with Crippen molar-refractivity contribution in [3.63, 3.8) is 0 Å². The number of hydrogen-bond donors (Lipinski definition) is 0. The van der Waals surface area contributed by atoms with Gasteiger partial charge in [0, 0.05) is 18.2 Å². The standard InChI is InChI=1S/C5H5Cl3O/c6-2-3-1-4(9)5(3,7)8/h3H,1-2H2. The fourth-order valence-electron chi connectivity index (χ4n) is 0.736. The number of alkyl halides is 3. The van der Waals surface area contributed by atoms with Crippen molar-refractivity contribution < 1.29 is 4.79 Å². The topological polar surface area (TPSA) is 17.1 Å². The van der Waals surface area contributed by atoms with E-state index in [9.17, 15) is 4.79 Å². The Kier molecular flexibility index (Phi) is 1.95. The van der Waals surface area contributed by atoms with Gasteiger partial charge in [0.1, 0.15) is 0 Å². The second kappa shape index (κ2) is 2.30. The lowest BCUT2D eigenvalue weighted by atomic mass is 9.84. The molecule has 1 saturated carbocycles. The van der Waals surface area contributed by atoms with Crippen LogP contribution in [0.1, 0.15) is 6.42 Å². The summed E-state index contributed by atoms with van der Waals surface area (Å²) >= 11 is 16.5. The summed E-state index contributed by atoms with van der Waals surface area (Å²) in [6.07, 6.45) is 0.427. The molecule has 1 rings (SSSR count). The van der Waals surface area contributed by atoms with Gasteiger partial charge in [-0.1, -0.05) is 23.2 Å². The summed E-state index contributed by atoms with van der Waals surface area (Å²) in [4.78, 5) is 10.6. The maximum absolute atomic E-state index is 10.6. The molecule has 0 aromatic carbocycles. The normalized spacial score (nSPS) is 31.9. The molecule has 9 heavy (non-hydrogen) atoms. The Balaban J connectivity index is 2.58. The first kappa shape index (κ1) is 7.64. The van der Waals surface area contributed by atoms with E-state index in [-0.39, 0.29) is 11.7 Å². The number of rotatable bonds is 1. The molecule has 0 aliphatic heterocycles. The molecule has 0 saturated heterocycles. The number of Topliss-reactive ketones (excluding diaryl/α,β-unsaturated/α-hetero) is 1. The van der Waals surface area contributed by atoms with Crippen molar-refractivity contribution in [2.45, 2.75) is 10.8 Å². The Hall–Kier alpha value is 0.540. The van der Waals surface area contributed by atoms with Crippen molar-refractivity contribution in [2.24, 2.45) is 5.92 Å². The molecule has 1 fully saturated rings. The van der Waals surface area contributed by atoms with Gasteiger partial charge in [-0.05, 0) is 0 Å². The molecule has 1 aliphatic rings. The van der Waals surface area contributed by atoms with E-state index in [1.165, 1.54) is 0 Å². The number of halogens is 3. The molecule has 0 N–H and O–H groups in total. The molecule has 0 bridgehead atoms. The molecule has 1 aliphatic carbocycles. The van der Waals surface area contributed by atoms with Gasteiger partial charge in [0.2, 0.25) is 0 Å². The van der Waals surface area contributed by atoms with E-state index in [2.05, 4.69) is 0 Å². The molecule has 0 amide bonds. The molecule has 1 atom stereocenters. The Morgan fingerprint density at radius 3 is 2.33 bits per heavy atom. The summed E-state index contributed by atoms with van der Waals surface area (Å²) in [5.41, 5.74) is 0. The summed E-state index contributed by atoms with van der Waals surface area (Å²) in [7, 11) is 0. The molecule has 0 heterocycles. The number of carbonyl (C=O) groups excluding carboxylic acids is 1. The van der Waals surface area contributed by atoms with Crippen LogP contribution in [0.5, 0.6) is 0 Å². The third-order valence-electron chi connectivity index (χ3n) is 1.50. The van der Waals surface area contributed by atoms with Gasteiger partial charge >= 0.3 is 0 Å². The third-order valence-corrected chi connectivity index (χ3v) is 2.91. The smallest absolute Gasteiger partial charge is 0.180 e. The maximum Gasteiger partial charge on any atom is 0.180 e. The molecule has 0 spiro atoms. The van der Waals surface area contributed by atoms with Gasteiger partial charge in [-0.2, -0.15) is 0 Å². The lowest BCUT2D eigenvalue weighted by Crippen LogP contribution is -2.48. The zero-order valence-corrected chi connectivity index (χ0v) is 6.80. The van der Waals surface area contributed by atoms with Crippen molar-refractivity contribution in [1.82, 2.24) is 0 Å². The molecule has 52 valence electrons. The van der Waals surface area contributed by atoms with E-state index in [1.807, 2.05) is 0 Å². The summed E-state index contributed by atoms with van der Waals surface area (Å²) in [6, 6.07) is 0. The summed E-state index contributed by atoms with van der Waals surface area (Å²) in [5.74, 6) is 0.199. The van der Waals surface area contributed by atoms with Crippen molar-refractivity contribution in [2.75, 3.05) is 5.88 Å². The van der Waals surface area contributed by atoms with E-state index in [1.54, 1.807) is 0 Å². The van der Waals surface area contributed by atoms with Crippen molar-refractivity contribution >= 4 is 40.6 Å². The van der Waals surface area contributed by atoms with Gasteiger partial charge in [0.05, 0.1) is 0 Å². The highest BCUT2D eigenvalue weighted by molar-refractivity contribution is 6.60. The monoisotopic (exact) mass is 186 g/mol. The van der Waals surface area contributed by atoms with E-state index in [4.69, 9.17) is 34.8 Å². The lowest BCUT2D eigenvalue weighted by Gasteiger charge is -2.36. The summed E-state index contributed by atoms with van der Waals surface area (Å²) in [5, 5.41) is 0. The van der Waals surface area contributed by atoms with Crippen LogP contribution < -0.4 is 0 Å². The number of hydrogen-bond acceptors (Lipinski definition) is 1. The van der Waals surface area contributed by atoms with Gasteiger partial charge in [0.25, 0.3) is 0 Å². The average molecular weight is 187 g/mol. The highest BCUT2D eigenvalue weighted by Gasteiger charge is 2.51. The highest BCUT2D eigenvalue weighted by Crippen LogP contribution is 2.44. The second-order valence-corrected chi connectivity index (χ2v) is 3.80. The molecule has 0 aromatic rings. The lowest BCUT2D eigenvalue weighted by molar-refractivity contribution is -0.127. The Morgan fingerprint density at radius 2 is 2.22 bits per heavy atom. The molecule has 4 heteroatoms. The summed E-state index contributed by atoms with van der Waals surface area (Å²) < 4.78 is -1.18. The third kappa shape index (κ3) is 1.06. The van der Waals surface area contributed by atoms with Crippen LogP contribution in [0.3, 0.4) is 0 Å². The molecule has 1 unspecified atom stereocenters. The molecule has 0 aromatic heterocycles. The first-order valence-electron chi connectivity index (χ1n) is 2.56. The quantitative estimate of drug-likeness (QED) is 0.574.